The molecule has 13 rings (SSSR count). The summed E-state index contributed by atoms with van der Waals surface area (Å²) in [5.74, 6) is 1.76. The van der Waals surface area contributed by atoms with Crippen LogP contribution in [0.15, 0.2) is 272 Å². The van der Waals surface area contributed by atoms with Gasteiger partial charge in [-0.05, 0) is 304 Å². The maximum absolute atomic E-state index is 13.1. The third-order valence-corrected chi connectivity index (χ3v) is 28.3. The van der Waals surface area contributed by atoms with Gasteiger partial charge in [0.05, 0.1) is 5.56 Å². The molecule has 119 heavy (non-hydrogen) atoms. The van der Waals surface area contributed by atoms with E-state index in [0.29, 0.717) is 11.1 Å². The highest BCUT2D eigenvalue weighted by Crippen LogP contribution is 2.39. The Morgan fingerprint density at radius 1 is 0.311 bits per heavy atom. The van der Waals surface area contributed by atoms with Crippen molar-refractivity contribution in [2.75, 3.05) is 0 Å². The van der Waals surface area contributed by atoms with Crippen molar-refractivity contribution in [2.45, 2.75) is 242 Å². The minimum Gasteiger partial charge on any atom is -0.457 e. The van der Waals surface area contributed by atoms with Gasteiger partial charge in [-0.2, -0.15) is 13.2 Å². The lowest BCUT2D eigenvalue weighted by Crippen LogP contribution is -2.44. The molecule has 1 aliphatic rings. The zero-order valence-electron chi connectivity index (χ0n) is 77.4. The molecule has 0 aliphatic carbocycles. The van der Waals surface area contributed by atoms with Crippen molar-refractivity contribution < 1.29 is 22.0 Å². The van der Waals surface area contributed by atoms with E-state index in [9.17, 15) is 13.2 Å². The summed E-state index contributed by atoms with van der Waals surface area (Å²) in [5, 5.41) is 0. The molecule has 0 atom stereocenters. The Morgan fingerprint density at radius 3 is 0.891 bits per heavy atom. The summed E-state index contributed by atoms with van der Waals surface area (Å²) in [6.45, 7) is 57.7. The number of halogens is 3. The number of allylic oxidation sites excluding steroid dienone is 2. The molecular weight excluding hydrogens is 1490 g/mol. The van der Waals surface area contributed by atoms with Crippen LogP contribution in [0.2, 0.25) is 38.3 Å². The van der Waals surface area contributed by atoms with Gasteiger partial charge in [0.2, 0.25) is 0 Å². The van der Waals surface area contributed by atoms with Crippen LogP contribution in [0.25, 0.3) is 33.4 Å². The standard InChI is InChI=1S/C16H15F3.2C16H18.C15H16.C14H14O.C12H30OSi2.2C8H10.C6H9N/c1-10-4-6-13(12(3)8-10)14-7-5-11(2)9-15(14)16(17,18)19;1-11-5-7-15(9-13(11)3)16-8-6-12(2)14(4)10-16;1-11-5-7-15(13(3)9-11)16-8-6-12(2)10-14(16)4;1-12-3-7-14(8-4-12)11-15-9-5-13(2)6-10-15;1-11-3-7-13(8-4-11)15-14-9-5-12(2)6-10-14;1-7-9-11-14(3,4)13-15(5,6)12-10-8-2;1-7-3-5-8(2)6-4-7;1-7-4-3-5-8(2)6-7;1-5-3-4-6(2)7-5/h4-9H,1-3H3;2*5-10H,1-4H3;3-10H,11H2,1-2H3;3-10H,1-2H3;7-12H2,1-6H3;2*3-6H,1-2H3;3H,4H2,1-2H3. The molecule has 0 saturated carbocycles. The molecule has 0 fully saturated rings. The quantitative estimate of drug-likeness (QED) is 0.0958. The van der Waals surface area contributed by atoms with Gasteiger partial charge in [0.15, 0.2) is 16.6 Å². The number of rotatable bonds is 15. The van der Waals surface area contributed by atoms with E-state index in [-0.39, 0.29) is 5.56 Å². The first-order valence-electron chi connectivity index (χ1n) is 42.6. The van der Waals surface area contributed by atoms with Crippen molar-refractivity contribution in [3.63, 3.8) is 0 Å². The summed E-state index contributed by atoms with van der Waals surface area (Å²) >= 11 is 0. The van der Waals surface area contributed by atoms with Gasteiger partial charge >= 0.3 is 6.18 Å². The zero-order chi connectivity index (χ0) is 88.2. The highest BCUT2D eigenvalue weighted by atomic mass is 28.4. The van der Waals surface area contributed by atoms with Crippen LogP contribution in [0.3, 0.4) is 0 Å². The van der Waals surface area contributed by atoms with Crippen molar-refractivity contribution in [1.82, 2.24) is 0 Å². The van der Waals surface area contributed by atoms with E-state index >= 15 is 0 Å². The van der Waals surface area contributed by atoms with Crippen LogP contribution in [-0.2, 0) is 16.7 Å². The number of hydrogen-bond donors (Lipinski definition) is 0. The smallest absolute Gasteiger partial charge is 0.417 e. The van der Waals surface area contributed by atoms with E-state index in [1.807, 2.05) is 88.4 Å². The first-order valence-corrected chi connectivity index (χ1v) is 48.8. The van der Waals surface area contributed by atoms with E-state index in [1.165, 1.54) is 172 Å². The number of aliphatic imine (C=N–C) groups is 1. The molecule has 0 bridgehead atoms. The Balaban J connectivity index is 0.000000242. The molecule has 0 N–H and O–H groups in total. The minimum atomic E-state index is -4.33. The molecule has 0 spiro atoms. The molecule has 8 heteroatoms. The first kappa shape index (κ1) is 99.6. The number of alkyl halides is 3. The van der Waals surface area contributed by atoms with Gasteiger partial charge in [-0.1, -0.05) is 337 Å². The molecule has 3 nitrogen and oxygen atoms in total. The zero-order valence-corrected chi connectivity index (χ0v) is 79.4. The Labute approximate surface area is 720 Å². The Morgan fingerprint density at radius 2 is 0.613 bits per heavy atom. The Bertz CT molecular complexity index is 4790. The lowest BCUT2D eigenvalue weighted by molar-refractivity contribution is -0.137. The number of aryl methyl sites for hydroxylation is 19. The molecule has 12 aromatic carbocycles. The van der Waals surface area contributed by atoms with E-state index in [0.717, 1.165) is 41.2 Å². The summed E-state index contributed by atoms with van der Waals surface area (Å²) in [6, 6.07) is 89.8. The summed E-state index contributed by atoms with van der Waals surface area (Å²) in [6.07, 6.45) is 5.18. The van der Waals surface area contributed by atoms with Gasteiger partial charge in [0, 0.05) is 17.8 Å². The fourth-order valence-electron chi connectivity index (χ4n) is 13.5. The second kappa shape index (κ2) is 49.6. The number of unbranched alkanes of at least 4 members (excludes halogenated alkanes) is 2. The molecule has 12 aromatic rings. The van der Waals surface area contributed by atoms with Crippen LogP contribution in [0.4, 0.5) is 13.2 Å². The summed E-state index contributed by atoms with van der Waals surface area (Å²) in [4.78, 5) is 4.17. The summed E-state index contributed by atoms with van der Waals surface area (Å²) in [7, 11) is -2.70. The molecule has 0 aromatic heterocycles. The van der Waals surface area contributed by atoms with Gasteiger partial charge in [-0.3, -0.25) is 4.99 Å². The number of benzene rings is 12. The van der Waals surface area contributed by atoms with E-state index in [2.05, 4.69) is 332 Å². The molecule has 0 radical (unpaired) electrons. The molecule has 1 heterocycles. The summed E-state index contributed by atoms with van der Waals surface area (Å²) in [5.41, 5.74) is 34.5. The van der Waals surface area contributed by atoms with Crippen LogP contribution < -0.4 is 4.74 Å². The van der Waals surface area contributed by atoms with Crippen LogP contribution in [-0.4, -0.2) is 22.3 Å². The van der Waals surface area contributed by atoms with Gasteiger partial charge in [-0.15, -0.1) is 0 Å². The number of ether oxygens (including phenoxy) is 1. The molecule has 1 aliphatic heterocycles. The molecule has 0 saturated heterocycles. The molecule has 630 valence electrons. The van der Waals surface area contributed by atoms with Crippen LogP contribution >= 0.6 is 0 Å². The topological polar surface area (TPSA) is 30.8 Å². The first-order chi connectivity index (χ1) is 56.1. The normalized spacial score (nSPS) is 11.3. The fraction of sp³-hybridized carbons (Fsp3) is 0.324. The van der Waals surface area contributed by atoms with Gasteiger partial charge in [-0.25, -0.2) is 0 Å². The molecular formula is C111H140F3NO2Si2. The maximum atomic E-state index is 13.1. The highest BCUT2D eigenvalue weighted by Gasteiger charge is 2.34. The van der Waals surface area contributed by atoms with Crippen molar-refractivity contribution >= 4 is 22.3 Å². The Hall–Kier alpha value is -9.97. The average molecular weight is 1630 g/mol. The van der Waals surface area contributed by atoms with E-state index in [1.54, 1.807) is 25.1 Å². The van der Waals surface area contributed by atoms with Crippen molar-refractivity contribution in [3.8, 4) is 44.9 Å². The van der Waals surface area contributed by atoms with Crippen molar-refractivity contribution in [3.05, 3.63) is 389 Å². The lowest BCUT2D eigenvalue weighted by Gasteiger charge is -2.34. The monoisotopic (exact) mass is 1630 g/mol. The van der Waals surface area contributed by atoms with Gasteiger partial charge in [0.1, 0.15) is 11.5 Å². The summed E-state index contributed by atoms with van der Waals surface area (Å²) < 4.78 is 51.6. The predicted octanol–water partition coefficient (Wildman–Crippen LogP) is 33.8. The minimum absolute atomic E-state index is 0.246. The second-order valence-electron chi connectivity index (χ2n) is 34.0. The fourth-order valence-corrected chi connectivity index (χ4v) is 22.7. The number of nitrogens with zero attached hydrogens (tertiary/aromatic N) is 1. The van der Waals surface area contributed by atoms with Crippen LogP contribution in [0.5, 0.6) is 11.5 Å². The maximum Gasteiger partial charge on any atom is 0.417 e. The third kappa shape index (κ3) is 37.9. The number of hydrogen-bond acceptors (Lipinski definition) is 3. The SMILES string of the molecule is CC1=CCC(C)=N1.CCCC[Si](C)(C)O[Si](C)(C)CCCC.Cc1ccc(-c2ccc(C)c(C)c2)cc1C.Cc1ccc(-c2ccc(C)cc2C(F)(F)F)c(C)c1.Cc1ccc(-c2ccc(C)cc2C)c(C)c1.Cc1ccc(C)cc1.Cc1ccc(Cc2ccc(C)cc2)cc1.Cc1ccc(Oc2ccc(C)cc2)cc1.Cc1cccc(C)c1. The van der Waals surface area contributed by atoms with E-state index < -0.39 is 28.4 Å². The predicted molar refractivity (Wildman–Crippen MR) is 519 cm³/mol. The van der Waals surface area contributed by atoms with Gasteiger partial charge in [0.25, 0.3) is 0 Å². The highest BCUT2D eigenvalue weighted by molar-refractivity contribution is 6.84. The van der Waals surface area contributed by atoms with Crippen molar-refractivity contribution in [2.24, 2.45) is 4.99 Å². The second-order valence-corrected chi connectivity index (χ2v) is 42.9. The molecule has 0 unspecified atom stereocenters. The van der Waals surface area contributed by atoms with Crippen molar-refractivity contribution in [1.29, 1.82) is 0 Å². The average Bonchev–Trinajstić information content (AvgIpc) is 1.10. The van der Waals surface area contributed by atoms with Gasteiger partial charge < -0.3 is 8.85 Å². The largest absolute Gasteiger partial charge is 0.457 e. The van der Waals surface area contributed by atoms with Crippen LogP contribution in [0.1, 0.15) is 182 Å². The molecule has 0 amide bonds. The van der Waals surface area contributed by atoms with E-state index in [4.69, 9.17) is 8.85 Å². The van der Waals surface area contributed by atoms with Crippen LogP contribution in [0, 0.1) is 132 Å². The lowest BCUT2D eigenvalue weighted by atomic mass is 9.93. The Kier molecular flexibility index (Phi) is 41.5. The third-order valence-electron chi connectivity index (χ3n) is 20.8.